The average Bonchev–Trinajstić information content (AvgIpc) is 2.02. The van der Waals surface area contributed by atoms with Crippen molar-refractivity contribution in [2.24, 2.45) is 0 Å². The van der Waals surface area contributed by atoms with Crippen molar-refractivity contribution in [3.63, 3.8) is 0 Å². The third-order valence-corrected chi connectivity index (χ3v) is 1.48. The van der Waals surface area contributed by atoms with Gasteiger partial charge in [-0.15, -0.1) is 0 Å². The number of hydrogen-bond acceptors (Lipinski definition) is 1. The van der Waals surface area contributed by atoms with E-state index in [0.29, 0.717) is 0 Å². The second-order valence-electron chi connectivity index (χ2n) is 2.99. The van der Waals surface area contributed by atoms with Crippen LogP contribution in [0.4, 0.5) is 0 Å². The fourth-order valence-corrected chi connectivity index (χ4v) is 0.896. The summed E-state index contributed by atoms with van der Waals surface area (Å²) in [5.74, 6) is 0. The van der Waals surface area contributed by atoms with Crippen LogP contribution in [-0.4, -0.2) is 25.5 Å². The van der Waals surface area contributed by atoms with E-state index in [2.05, 4.69) is 44.1 Å². The van der Waals surface area contributed by atoms with E-state index in [1.54, 1.807) is 0 Å². The van der Waals surface area contributed by atoms with Crippen molar-refractivity contribution < 1.29 is 0 Å². The van der Waals surface area contributed by atoms with Gasteiger partial charge >= 0.3 is 0 Å². The Kier molecular flexibility index (Phi) is 6.39. The van der Waals surface area contributed by atoms with Crippen LogP contribution in [0.1, 0.15) is 13.8 Å². The Morgan fingerprint density at radius 3 is 2.25 bits per heavy atom. The molecule has 1 heteroatoms. The van der Waals surface area contributed by atoms with Gasteiger partial charge in [0.15, 0.2) is 0 Å². The molecule has 0 amide bonds. The summed E-state index contributed by atoms with van der Waals surface area (Å²) < 4.78 is 0. The molecule has 0 aromatic heterocycles. The minimum Gasteiger partial charge on any atom is -0.305 e. The van der Waals surface area contributed by atoms with Crippen LogP contribution in [0.15, 0.2) is 36.0 Å². The Labute approximate surface area is 76.1 Å². The zero-order valence-electron chi connectivity index (χ0n) is 8.54. The van der Waals surface area contributed by atoms with Crippen molar-refractivity contribution >= 4 is 0 Å². The van der Waals surface area contributed by atoms with Crippen LogP contribution in [0.3, 0.4) is 0 Å². The maximum absolute atomic E-state index is 2.16. The molecule has 0 fully saturated rings. The van der Waals surface area contributed by atoms with E-state index < -0.39 is 0 Å². The molecule has 0 saturated heterocycles. The Morgan fingerprint density at radius 1 is 1.17 bits per heavy atom. The van der Waals surface area contributed by atoms with Gasteiger partial charge in [-0.1, -0.05) is 30.4 Å². The van der Waals surface area contributed by atoms with Crippen LogP contribution in [0.25, 0.3) is 0 Å². The lowest BCUT2D eigenvalue weighted by Gasteiger charge is -2.09. The van der Waals surface area contributed by atoms with Crippen LogP contribution in [-0.2, 0) is 0 Å². The summed E-state index contributed by atoms with van der Waals surface area (Å²) in [6.45, 7) is 5.09. The first-order valence-electron chi connectivity index (χ1n) is 4.30. The lowest BCUT2D eigenvalue weighted by atomic mass is 10.2. The molecule has 0 aromatic rings. The first-order valence-corrected chi connectivity index (χ1v) is 4.30. The SMILES string of the molecule is C\C=C/C=C\C(=C/C)CN(C)C. The van der Waals surface area contributed by atoms with E-state index in [4.69, 9.17) is 0 Å². The zero-order valence-corrected chi connectivity index (χ0v) is 8.54. The number of rotatable bonds is 4. The Morgan fingerprint density at radius 2 is 1.83 bits per heavy atom. The smallest absolute Gasteiger partial charge is 0.0224 e. The molecule has 0 atom stereocenters. The molecule has 0 spiro atoms. The summed E-state index contributed by atoms with van der Waals surface area (Å²) in [7, 11) is 4.15. The molecule has 68 valence electrons. The molecule has 0 N–H and O–H groups in total. The lowest BCUT2D eigenvalue weighted by molar-refractivity contribution is 0.449. The maximum atomic E-state index is 2.16. The van der Waals surface area contributed by atoms with E-state index in [1.807, 2.05) is 19.1 Å². The monoisotopic (exact) mass is 165 g/mol. The van der Waals surface area contributed by atoms with Crippen LogP contribution >= 0.6 is 0 Å². The Balaban J connectivity index is 4.01. The van der Waals surface area contributed by atoms with E-state index in [0.717, 1.165) is 6.54 Å². The van der Waals surface area contributed by atoms with Gasteiger partial charge in [-0.25, -0.2) is 0 Å². The molecule has 0 aromatic carbocycles. The highest BCUT2D eigenvalue weighted by atomic mass is 15.0. The van der Waals surface area contributed by atoms with Gasteiger partial charge in [0.1, 0.15) is 0 Å². The molecule has 0 aliphatic rings. The van der Waals surface area contributed by atoms with Gasteiger partial charge in [0.25, 0.3) is 0 Å². The third kappa shape index (κ3) is 5.93. The summed E-state index contributed by atoms with van der Waals surface area (Å²) in [5, 5.41) is 0. The molecule has 0 saturated carbocycles. The van der Waals surface area contributed by atoms with E-state index in [1.165, 1.54) is 5.57 Å². The van der Waals surface area contributed by atoms with Gasteiger partial charge in [0.05, 0.1) is 0 Å². The van der Waals surface area contributed by atoms with Crippen LogP contribution in [0, 0.1) is 0 Å². The fourth-order valence-electron chi connectivity index (χ4n) is 0.896. The summed E-state index contributed by atoms with van der Waals surface area (Å²) in [6.07, 6.45) is 10.4. The molecule has 0 rings (SSSR count). The van der Waals surface area contributed by atoms with E-state index in [-0.39, 0.29) is 0 Å². The van der Waals surface area contributed by atoms with Crippen molar-refractivity contribution in [3.05, 3.63) is 36.0 Å². The van der Waals surface area contributed by atoms with Crippen LogP contribution < -0.4 is 0 Å². The molecule has 12 heavy (non-hydrogen) atoms. The van der Waals surface area contributed by atoms with Crippen molar-refractivity contribution in [2.75, 3.05) is 20.6 Å². The number of hydrogen-bond donors (Lipinski definition) is 0. The van der Waals surface area contributed by atoms with E-state index >= 15 is 0 Å². The second kappa shape index (κ2) is 6.86. The average molecular weight is 165 g/mol. The summed E-state index contributed by atoms with van der Waals surface area (Å²) in [4.78, 5) is 2.16. The first kappa shape index (κ1) is 11.2. The molecule has 0 radical (unpaired) electrons. The van der Waals surface area contributed by atoms with Gasteiger partial charge in [0.2, 0.25) is 0 Å². The van der Waals surface area contributed by atoms with Gasteiger partial charge < -0.3 is 4.90 Å². The normalized spacial score (nSPS) is 13.9. The molecular formula is C11H19N. The van der Waals surface area contributed by atoms with Crippen LogP contribution in [0.2, 0.25) is 0 Å². The van der Waals surface area contributed by atoms with Gasteiger partial charge in [-0.05, 0) is 33.5 Å². The lowest BCUT2D eigenvalue weighted by Crippen LogP contribution is -2.14. The minimum absolute atomic E-state index is 1.00. The standard InChI is InChI=1S/C11H19N/c1-5-7-8-9-11(6-2)10-12(3)4/h5-9H,10H2,1-4H3/b7-5-,9-8-,11-6+. The van der Waals surface area contributed by atoms with Crippen LogP contribution in [0.5, 0.6) is 0 Å². The highest BCUT2D eigenvalue weighted by Crippen LogP contribution is 1.98. The van der Waals surface area contributed by atoms with Crippen molar-refractivity contribution in [1.29, 1.82) is 0 Å². The fraction of sp³-hybridized carbons (Fsp3) is 0.455. The predicted molar refractivity (Wildman–Crippen MR) is 56.3 cm³/mol. The number of allylic oxidation sites excluding steroid dienone is 4. The highest BCUT2D eigenvalue weighted by Gasteiger charge is 1.91. The van der Waals surface area contributed by atoms with Gasteiger partial charge in [-0.3, -0.25) is 0 Å². The van der Waals surface area contributed by atoms with Crippen molar-refractivity contribution in [1.82, 2.24) is 4.90 Å². The quantitative estimate of drug-likeness (QED) is 0.579. The number of likely N-dealkylation sites (N-methyl/N-ethyl adjacent to an activating group) is 1. The summed E-state index contributed by atoms with van der Waals surface area (Å²) in [5.41, 5.74) is 1.35. The topological polar surface area (TPSA) is 3.24 Å². The van der Waals surface area contributed by atoms with Crippen molar-refractivity contribution in [2.45, 2.75) is 13.8 Å². The Bertz CT molecular complexity index is 185. The summed E-state index contributed by atoms with van der Waals surface area (Å²) in [6, 6.07) is 0. The molecule has 0 heterocycles. The molecule has 0 aliphatic carbocycles. The minimum atomic E-state index is 1.00. The third-order valence-electron chi connectivity index (χ3n) is 1.48. The molecule has 0 aliphatic heterocycles. The zero-order chi connectivity index (χ0) is 9.40. The molecule has 0 bridgehead atoms. The van der Waals surface area contributed by atoms with Crippen molar-refractivity contribution in [3.8, 4) is 0 Å². The highest BCUT2D eigenvalue weighted by molar-refractivity contribution is 5.22. The largest absolute Gasteiger partial charge is 0.305 e. The van der Waals surface area contributed by atoms with Gasteiger partial charge in [0, 0.05) is 6.54 Å². The predicted octanol–water partition coefficient (Wildman–Crippen LogP) is 2.63. The number of nitrogens with zero attached hydrogens (tertiary/aromatic N) is 1. The Hall–Kier alpha value is -0.820. The van der Waals surface area contributed by atoms with Gasteiger partial charge in [-0.2, -0.15) is 0 Å². The molecule has 0 unspecified atom stereocenters. The second-order valence-corrected chi connectivity index (χ2v) is 2.99. The molecular weight excluding hydrogens is 146 g/mol. The molecule has 1 nitrogen and oxygen atoms in total. The summed E-state index contributed by atoms with van der Waals surface area (Å²) >= 11 is 0. The van der Waals surface area contributed by atoms with E-state index in [9.17, 15) is 0 Å². The maximum Gasteiger partial charge on any atom is 0.0224 e. The first-order chi connectivity index (χ1) is 5.70.